The number of fused-ring (bicyclic) bond motifs is 3. The van der Waals surface area contributed by atoms with E-state index in [-0.39, 0.29) is 19.1 Å². The fourth-order valence-corrected chi connectivity index (χ4v) is 3.69. The van der Waals surface area contributed by atoms with Crippen LogP contribution in [0.1, 0.15) is 18.4 Å². The van der Waals surface area contributed by atoms with E-state index in [1.807, 2.05) is 30.3 Å². The van der Waals surface area contributed by atoms with Crippen LogP contribution in [0.2, 0.25) is 0 Å². The van der Waals surface area contributed by atoms with Crippen molar-refractivity contribution in [2.24, 2.45) is 11.3 Å². The zero-order valence-corrected chi connectivity index (χ0v) is 13.0. The predicted molar refractivity (Wildman–Crippen MR) is 83.9 cm³/mol. The van der Waals surface area contributed by atoms with Gasteiger partial charge in [-0.2, -0.15) is 0 Å². The molecule has 0 aliphatic carbocycles. The first-order valence-electron chi connectivity index (χ1n) is 8.00. The molecule has 0 spiro atoms. The third-order valence-corrected chi connectivity index (χ3v) is 5.06. The maximum Gasteiger partial charge on any atom is 0.407 e. The van der Waals surface area contributed by atoms with Crippen molar-refractivity contribution < 1.29 is 19.4 Å². The summed E-state index contributed by atoms with van der Waals surface area (Å²) >= 11 is 0. The van der Waals surface area contributed by atoms with Crippen molar-refractivity contribution in [3.63, 3.8) is 0 Å². The molecule has 1 aromatic carbocycles. The maximum atomic E-state index is 11.9. The molecule has 1 aromatic rings. The van der Waals surface area contributed by atoms with E-state index in [9.17, 15) is 14.7 Å². The Morgan fingerprint density at radius 2 is 1.96 bits per heavy atom. The molecular formula is C17H22N2O4. The molecule has 1 unspecified atom stereocenters. The van der Waals surface area contributed by atoms with Crippen molar-refractivity contribution in [1.29, 1.82) is 0 Å². The van der Waals surface area contributed by atoms with Gasteiger partial charge in [0.15, 0.2) is 0 Å². The van der Waals surface area contributed by atoms with Gasteiger partial charge < -0.3 is 20.1 Å². The smallest absolute Gasteiger partial charge is 0.407 e. The van der Waals surface area contributed by atoms with Crippen LogP contribution in [0.5, 0.6) is 0 Å². The summed E-state index contributed by atoms with van der Waals surface area (Å²) in [7, 11) is 0. The van der Waals surface area contributed by atoms with Crippen molar-refractivity contribution in [3.8, 4) is 0 Å². The van der Waals surface area contributed by atoms with Crippen LogP contribution in [-0.4, -0.2) is 48.2 Å². The Morgan fingerprint density at radius 3 is 2.52 bits per heavy atom. The zero-order chi connectivity index (χ0) is 16.3. The van der Waals surface area contributed by atoms with Gasteiger partial charge in [-0.1, -0.05) is 30.3 Å². The summed E-state index contributed by atoms with van der Waals surface area (Å²) in [5.74, 6) is -0.699. The number of nitrogens with zero attached hydrogens (tertiary/aromatic N) is 1. The molecule has 3 fully saturated rings. The Labute approximate surface area is 135 Å². The van der Waals surface area contributed by atoms with Crippen LogP contribution in [-0.2, 0) is 16.1 Å². The van der Waals surface area contributed by atoms with Gasteiger partial charge in [0.05, 0.1) is 0 Å². The minimum atomic E-state index is -0.887. The van der Waals surface area contributed by atoms with Gasteiger partial charge >= 0.3 is 12.1 Å². The predicted octanol–water partition coefficient (Wildman–Crippen LogP) is 1.71. The van der Waals surface area contributed by atoms with Gasteiger partial charge in [0, 0.05) is 13.1 Å². The van der Waals surface area contributed by atoms with E-state index in [1.165, 1.54) is 0 Å². The first-order chi connectivity index (χ1) is 11.1. The number of piperidine rings is 3. The van der Waals surface area contributed by atoms with Crippen molar-refractivity contribution in [2.75, 3.05) is 26.2 Å². The third-order valence-electron chi connectivity index (χ3n) is 5.06. The highest BCUT2D eigenvalue weighted by atomic mass is 16.5. The van der Waals surface area contributed by atoms with Gasteiger partial charge in [-0.05, 0) is 37.4 Å². The molecule has 3 heterocycles. The molecule has 3 aliphatic rings. The van der Waals surface area contributed by atoms with Crippen LogP contribution in [0.3, 0.4) is 0 Å². The number of aliphatic carboxylic acids is 1. The fourth-order valence-electron chi connectivity index (χ4n) is 3.69. The second kappa shape index (κ2) is 6.58. The Hall–Kier alpha value is -2.08. The van der Waals surface area contributed by atoms with Gasteiger partial charge in [-0.15, -0.1) is 0 Å². The van der Waals surface area contributed by atoms with Crippen LogP contribution >= 0.6 is 0 Å². The fraction of sp³-hybridized carbons (Fsp3) is 0.529. The van der Waals surface area contributed by atoms with Gasteiger partial charge in [-0.25, -0.2) is 4.79 Å². The molecule has 1 amide bonds. The minimum Gasteiger partial charge on any atom is -0.481 e. The molecule has 23 heavy (non-hydrogen) atoms. The number of carbonyl (C=O) groups excluding carboxylic acids is 1. The molecule has 124 valence electrons. The minimum absolute atomic E-state index is 0.122. The second-order valence-electron chi connectivity index (χ2n) is 6.43. The average molecular weight is 318 g/mol. The highest BCUT2D eigenvalue weighted by Crippen LogP contribution is 2.42. The molecular weight excluding hydrogens is 296 g/mol. The summed E-state index contributed by atoms with van der Waals surface area (Å²) < 4.78 is 5.17. The molecule has 0 aromatic heterocycles. The Balaban J connectivity index is 1.55. The van der Waals surface area contributed by atoms with Crippen molar-refractivity contribution in [3.05, 3.63) is 35.9 Å². The van der Waals surface area contributed by atoms with Gasteiger partial charge in [0.1, 0.15) is 12.0 Å². The lowest BCUT2D eigenvalue weighted by atomic mass is 9.66. The van der Waals surface area contributed by atoms with Crippen LogP contribution in [0, 0.1) is 11.3 Å². The van der Waals surface area contributed by atoms with E-state index in [0.29, 0.717) is 6.54 Å². The molecule has 6 nitrogen and oxygen atoms in total. The lowest BCUT2D eigenvalue weighted by Crippen LogP contribution is -2.62. The van der Waals surface area contributed by atoms with E-state index >= 15 is 0 Å². The average Bonchev–Trinajstić information content (AvgIpc) is 2.60. The summed E-state index contributed by atoms with van der Waals surface area (Å²) in [5.41, 5.74) is 0.0147. The number of amides is 1. The first-order valence-corrected chi connectivity index (χ1v) is 8.00. The number of rotatable bonds is 5. The molecule has 2 bridgehead atoms. The van der Waals surface area contributed by atoms with Crippen molar-refractivity contribution >= 4 is 12.1 Å². The number of hydrogen-bond donors (Lipinski definition) is 2. The molecule has 0 radical (unpaired) electrons. The molecule has 0 saturated carbocycles. The second-order valence-corrected chi connectivity index (χ2v) is 6.43. The topological polar surface area (TPSA) is 78.9 Å². The third kappa shape index (κ3) is 3.32. The Bertz CT molecular complexity index is 569. The molecule has 6 heteroatoms. The number of nitrogens with one attached hydrogen (secondary N) is 1. The van der Waals surface area contributed by atoms with Crippen LogP contribution in [0.25, 0.3) is 0 Å². The van der Waals surface area contributed by atoms with E-state index in [1.54, 1.807) is 0 Å². The monoisotopic (exact) mass is 318 g/mol. The van der Waals surface area contributed by atoms with Crippen LogP contribution in [0.15, 0.2) is 30.3 Å². The number of carbonyl (C=O) groups is 2. The highest BCUT2D eigenvalue weighted by Gasteiger charge is 2.52. The molecule has 2 N–H and O–H groups in total. The number of hydrogen-bond acceptors (Lipinski definition) is 4. The van der Waals surface area contributed by atoms with E-state index in [2.05, 4.69) is 10.2 Å². The normalized spacial score (nSPS) is 29.0. The maximum absolute atomic E-state index is 11.9. The van der Waals surface area contributed by atoms with Crippen LogP contribution in [0.4, 0.5) is 4.79 Å². The zero-order valence-electron chi connectivity index (χ0n) is 13.0. The summed E-state index contributed by atoms with van der Waals surface area (Å²) in [4.78, 5) is 25.9. The summed E-state index contributed by atoms with van der Waals surface area (Å²) in [6.45, 7) is 2.72. The lowest BCUT2D eigenvalue weighted by molar-refractivity contribution is -0.161. The summed E-state index contributed by atoms with van der Waals surface area (Å²) in [5, 5.41) is 12.4. The highest BCUT2D eigenvalue weighted by molar-refractivity contribution is 5.77. The largest absolute Gasteiger partial charge is 0.481 e. The number of carboxylic acids is 1. The molecule has 3 saturated heterocycles. The van der Waals surface area contributed by atoms with E-state index in [0.717, 1.165) is 31.5 Å². The van der Waals surface area contributed by atoms with E-state index in [4.69, 9.17) is 4.74 Å². The van der Waals surface area contributed by atoms with Gasteiger partial charge in [0.25, 0.3) is 0 Å². The van der Waals surface area contributed by atoms with Gasteiger partial charge in [-0.3, -0.25) is 4.79 Å². The number of ether oxygens (including phenoxy) is 1. The molecule has 4 rings (SSSR count). The SMILES string of the molecule is O=C(NCC1(C(=O)O)CN2CCC1CC2)OCc1ccccc1. The van der Waals surface area contributed by atoms with Crippen molar-refractivity contribution in [2.45, 2.75) is 19.4 Å². The molecule has 3 aliphatic heterocycles. The Morgan fingerprint density at radius 1 is 1.26 bits per heavy atom. The number of alkyl carbamates (subject to hydrolysis) is 1. The standard InChI is InChI=1S/C17H22N2O4/c20-15(21)17(12-19-8-6-14(17)7-9-19)11-18-16(22)23-10-13-4-2-1-3-5-13/h1-5,14H,6-12H2,(H,18,22)(H,20,21). The summed E-state index contributed by atoms with van der Waals surface area (Å²) in [6.07, 6.45) is 1.20. The van der Waals surface area contributed by atoms with Crippen LogP contribution < -0.4 is 5.32 Å². The summed E-state index contributed by atoms with van der Waals surface area (Å²) in [6, 6.07) is 9.40. The quantitative estimate of drug-likeness (QED) is 0.864. The lowest BCUT2D eigenvalue weighted by Gasteiger charge is -2.50. The van der Waals surface area contributed by atoms with E-state index < -0.39 is 17.5 Å². The molecule has 1 atom stereocenters. The van der Waals surface area contributed by atoms with Crippen molar-refractivity contribution in [1.82, 2.24) is 10.2 Å². The number of carboxylic acid groups (broad SMARTS) is 1. The number of benzene rings is 1. The Kier molecular flexibility index (Phi) is 4.52. The first kappa shape index (κ1) is 15.8. The van der Waals surface area contributed by atoms with Gasteiger partial charge in [0.2, 0.25) is 0 Å².